The fourth-order valence-electron chi connectivity index (χ4n) is 4.84. The summed E-state index contributed by atoms with van der Waals surface area (Å²) in [6.45, 7) is 6.10. The third-order valence-electron chi connectivity index (χ3n) is 6.52. The summed E-state index contributed by atoms with van der Waals surface area (Å²) in [6.07, 6.45) is -4.34. The van der Waals surface area contributed by atoms with Gasteiger partial charge >= 0.3 is 6.18 Å². The van der Waals surface area contributed by atoms with E-state index in [-0.39, 0.29) is 42.4 Å². The zero-order valence-electron chi connectivity index (χ0n) is 18.9. The van der Waals surface area contributed by atoms with Crippen LogP contribution in [-0.2, 0) is 27.7 Å². The van der Waals surface area contributed by atoms with Crippen LogP contribution in [0.5, 0.6) is 0 Å². The Morgan fingerprint density at radius 2 is 1.88 bits per heavy atom. The largest absolute Gasteiger partial charge is 0.416 e. The average Bonchev–Trinajstić information content (AvgIpc) is 3.02. The van der Waals surface area contributed by atoms with Gasteiger partial charge in [-0.05, 0) is 37.2 Å². The first-order valence-electron chi connectivity index (χ1n) is 11.0. The summed E-state index contributed by atoms with van der Waals surface area (Å²) in [5, 5.41) is 0. The first-order valence-corrected chi connectivity index (χ1v) is 11.0. The highest BCUT2D eigenvalue weighted by molar-refractivity contribution is 6.11. The maximum Gasteiger partial charge on any atom is 0.416 e. The lowest BCUT2D eigenvalue weighted by Gasteiger charge is -2.36. The maximum absolute atomic E-state index is 14.3. The second-order valence-corrected chi connectivity index (χ2v) is 8.20. The molecule has 0 aromatic heterocycles. The van der Waals surface area contributed by atoms with Crippen molar-refractivity contribution in [3.05, 3.63) is 64.2 Å². The molecule has 34 heavy (non-hydrogen) atoms. The summed E-state index contributed by atoms with van der Waals surface area (Å²) >= 11 is 0. The topological polar surface area (TPSA) is 75.9 Å². The first kappa shape index (κ1) is 26.0. The molecule has 0 fully saturated rings. The van der Waals surface area contributed by atoms with Crippen molar-refractivity contribution < 1.29 is 27.5 Å². The van der Waals surface area contributed by atoms with Crippen LogP contribution < -0.4 is 10.6 Å². The van der Waals surface area contributed by atoms with Gasteiger partial charge in [0.1, 0.15) is 0 Å². The Morgan fingerprint density at radius 3 is 2.50 bits per heavy atom. The van der Waals surface area contributed by atoms with E-state index in [2.05, 4.69) is 4.90 Å². The molecule has 0 aliphatic carbocycles. The maximum atomic E-state index is 14.3. The van der Waals surface area contributed by atoms with E-state index in [1.54, 1.807) is 24.3 Å². The minimum atomic E-state index is -4.83. The number of anilines is 1. The molecule has 10 heteroatoms. The van der Waals surface area contributed by atoms with Gasteiger partial charge in [0.15, 0.2) is 5.60 Å². The van der Waals surface area contributed by atoms with E-state index in [4.69, 9.17) is 10.5 Å². The highest BCUT2D eigenvalue weighted by Gasteiger charge is 2.59. The molecule has 0 saturated heterocycles. The Kier molecular flexibility index (Phi) is 7.31. The Labute approximate surface area is 202 Å². The lowest BCUT2D eigenvalue weighted by molar-refractivity contribution is -0.146. The van der Waals surface area contributed by atoms with Crippen molar-refractivity contribution in [2.45, 2.75) is 32.0 Å². The normalized spacial score (nSPS) is 19.2. The molecule has 2 N–H and O–H groups in total. The molecular formula is C24H27ClF3N3O3. The number of ether oxygens (including phenoxy) is 1. The SMILES string of the molecule is CCN(CC)CCN1C(=O)C2(OCCc3ccccc32)c2c1cc(C(N)=O)cc2C(F)(F)F.Cl. The number of primary amides is 1. The number of rotatable bonds is 6. The van der Waals surface area contributed by atoms with Crippen molar-refractivity contribution >= 4 is 29.9 Å². The molecular weight excluding hydrogens is 471 g/mol. The van der Waals surface area contributed by atoms with Gasteiger partial charge < -0.3 is 20.3 Å². The van der Waals surface area contributed by atoms with Gasteiger partial charge in [0.2, 0.25) is 5.91 Å². The minimum absolute atomic E-state index is 0. The van der Waals surface area contributed by atoms with Crippen molar-refractivity contribution in [1.82, 2.24) is 4.90 Å². The average molecular weight is 498 g/mol. The van der Waals surface area contributed by atoms with Crippen molar-refractivity contribution in [2.24, 2.45) is 5.73 Å². The van der Waals surface area contributed by atoms with Gasteiger partial charge in [-0.1, -0.05) is 38.1 Å². The third kappa shape index (κ3) is 4.06. The monoisotopic (exact) mass is 497 g/mol. The number of carbonyl (C=O) groups excluding carboxylic acids is 2. The molecule has 2 aliphatic heterocycles. The van der Waals surface area contributed by atoms with Gasteiger partial charge in [-0.2, -0.15) is 13.2 Å². The van der Waals surface area contributed by atoms with Gasteiger partial charge in [-0.15, -0.1) is 12.4 Å². The first-order chi connectivity index (χ1) is 15.6. The van der Waals surface area contributed by atoms with Crippen molar-refractivity contribution in [3.8, 4) is 0 Å². The highest BCUT2D eigenvalue weighted by Crippen LogP contribution is 2.54. The van der Waals surface area contributed by atoms with E-state index in [1.807, 2.05) is 13.8 Å². The molecule has 0 saturated carbocycles. The molecule has 1 spiro atoms. The van der Waals surface area contributed by atoms with Gasteiger partial charge in [0, 0.05) is 29.8 Å². The summed E-state index contributed by atoms with van der Waals surface area (Å²) in [6, 6.07) is 8.93. The number of carbonyl (C=O) groups is 2. The van der Waals surface area contributed by atoms with Gasteiger partial charge in [-0.25, -0.2) is 0 Å². The van der Waals surface area contributed by atoms with Crippen molar-refractivity contribution in [1.29, 1.82) is 0 Å². The van der Waals surface area contributed by atoms with Crippen molar-refractivity contribution in [3.63, 3.8) is 0 Å². The molecule has 1 unspecified atom stereocenters. The molecule has 2 aromatic rings. The van der Waals surface area contributed by atoms with E-state index in [0.717, 1.165) is 24.7 Å². The number of likely N-dealkylation sites (N-methyl/N-ethyl adjacent to an activating group) is 1. The molecule has 2 amide bonds. The van der Waals surface area contributed by atoms with Crippen LogP contribution in [0.1, 0.15) is 46.5 Å². The zero-order valence-corrected chi connectivity index (χ0v) is 19.8. The molecule has 2 heterocycles. The lowest BCUT2D eigenvalue weighted by atomic mass is 9.79. The molecule has 1 atom stereocenters. The van der Waals surface area contributed by atoms with Crippen LogP contribution in [0.4, 0.5) is 18.9 Å². The molecule has 184 valence electrons. The number of benzene rings is 2. The Hall–Kier alpha value is -2.62. The predicted molar refractivity (Wildman–Crippen MR) is 124 cm³/mol. The van der Waals surface area contributed by atoms with E-state index in [1.165, 1.54) is 11.0 Å². The number of alkyl halides is 3. The summed E-state index contributed by atoms with van der Waals surface area (Å²) in [5.74, 6) is -1.57. The quantitative estimate of drug-likeness (QED) is 0.660. The van der Waals surface area contributed by atoms with Gasteiger partial charge in [-0.3, -0.25) is 9.59 Å². The number of nitrogens with two attached hydrogens (primary N) is 1. The lowest BCUT2D eigenvalue weighted by Crippen LogP contribution is -2.48. The van der Waals surface area contributed by atoms with Crippen LogP contribution in [0.2, 0.25) is 0 Å². The molecule has 0 radical (unpaired) electrons. The summed E-state index contributed by atoms with van der Waals surface area (Å²) in [5.41, 5.74) is 2.98. The van der Waals surface area contributed by atoms with E-state index in [0.29, 0.717) is 18.5 Å². The van der Waals surface area contributed by atoms with E-state index in [9.17, 15) is 22.8 Å². The number of nitrogens with zero attached hydrogens (tertiary/aromatic N) is 2. The Bertz CT molecular complexity index is 1100. The minimum Gasteiger partial charge on any atom is -0.366 e. The Morgan fingerprint density at radius 1 is 1.21 bits per heavy atom. The number of hydrogen-bond donors (Lipinski definition) is 1. The van der Waals surface area contributed by atoms with Crippen molar-refractivity contribution in [2.75, 3.05) is 37.7 Å². The third-order valence-corrected chi connectivity index (χ3v) is 6.52. The molecule has 2 aliphatic rings. The number of amides is 2. The number of hydrogen-bond acceptors (Lipinski definition) is 4. The second-order valence-electron chi connectivity index (χ2n) is 8.20. The summed E-state index contributed by atoms with van der Waals surface area (Å²) < 4.78 is 49.0. The van der Waals surface area contributed by atoms with E-state index < -0.39 is 29.2 Å². The van der Waals surface area contributed by atoms with Crippen LogP contribution in [0.3, 0.4) is 0 Å². The molecule has 2 aromatic carbocycles. The summed E-state index contributed by atoms with van der Waals surface area (Å²) in [7, 11) is 0. The second kappa shape index (κ2) is 9.56. The fraction of sp³-hybridized carbons (Fsp3) is 0.417. The molecule has 4 rings (SSSR count). The van der Waals surface area contributed by atoms with E-state index >= 15 is 0 Å². The van der Waals surface area contributed by atoms with Crippen LogP contribution in [0.25, 0.3) is 0 Å². The zero-order chi connectivity index (χ0) is 24.0. The standard InChI is InChI=1S/C24H26F3N3O3.ClH/c1-3-29(4-2)10-11-30-19-14-16(21(28)31)13-18(24(25,26)27)20(19)23(22(30)32)17-8-6-5-7-15(17)9-12-33-23;/h5-8,13-14H,3-4,9-12H2,1-2H3,(H2,28,31);1H. The Balaban J connectivity index is 0.00000324. The highest BCUT2D eigenvalue weighted by atomic mass is 35.5. The number of halogens is 4. The van der Waals surface area contributed by atoms with Gasteiger partial charge in [0.05, 0.1) is 17.9 Å². The van der Waals surface area contributed by atoms with Crippen LogP contribution in [-0.4, -0.2) is 49.5 Å². The van der Waals surface area contributed by atoms with Crippen LogP contribution in [0, 0.1) is 0 Å². The number of fused-ring (bicyclic) bond motifs is 4. The smallest absolute Gasteiger partial charge is 0.366 e. The van der Waals surface area contributed by atoms with Crippen LogP contribution >= 0.6 is 12.4 Å². The van der Waals surface area contributed by atoms with Crippen LogP contribution in [0.15, 0.2) is 36.4 Å². The summed E-state index contributed by atoms with van der Waals surface area (Å²) in [4.78, 5) is 29.2. The van der Waals surface area contributed by atoms with Gasteiger partial charge in [0.25, 0.3) is 5.91 Å². The predicted octanol–water partition coefficient (Wildman–Crippen LogP) is 3.73. The molecule has 6 nitrogen and oxygen atoms in total. The molecule has 0 bridgehead atoms. The fourth-order valence-corrected chi connectivity index (χ4v) is 4.84.